The number of carbonyl (C=O) groups is 1. The lowest BCUT2D eigenvalue weighted by Crippen LogP contribution is -2.35. The molecule has 0 fully saturated rings. The molecule has 1 aliphatic rings. The summed E-state index contributed by atoms with van der Waals surface area (Å²) < 4.78 is 28.0. The highest BCUT2D eigenvalue weighted by Crippen LogP contribution is 2.33. The third-order valence-corrected chi connectivity index (χ3v) is 6.14. The summed E-state index contributed by atoms with van der Waals surface area (Å²) in [5.41, 5.74) is 7.35. The number of hydrogen-bond acceptors (Lipinski definition) is 5. The summed E-state index contributed by atoms with van der Waals surface area (Å²) in [6.45, 7) is 0.143. The number of urea groups is 1. The van der Waals surface area contributed by atoms with E-state index in [4.69, 9.17) is 5.73 Å². The lowest BCUT2D eigenvalue weighted by molar-refractivity contribution is 0.218. The molecule has 0 bridgehead atoms. The van der Waals surface area contributed by atoms with Gasteiger partial charge in [-0.2, -0.15) is 13.9 Å². The Kier molecular flexibility index (Phi) is 5.70. The van der Waals surface area contributed by atoms with Crippen LogP contribution in [0.2, 0.25) is 0 Å². The van der Waals surface area contributed by atoms with E-state index in [0.717, 1.165) is 31.3 Å². The van der Waals surface area contributed by atoms with E-state index in [2.05, 4.69) is 10.4 Å². The van der Waals surface area contributed by atoms with E-state index in [1.54, 1.807) is 11.9 Å². The summed E-state index contributed by atoms with van der Waals surface area (Å²) >= 11 is 1.53. The van der Waals surface area contributed by atoms with Gasteiger partial charge in [-0.1, -0.05) is 6.07 Å². The first kappa shape index (κ1) is 20.9. The van der Waals surface area contributed by atoms with Crippen LogP contribution in [-0.2, 0) is 19.6 Å². The molecule has 0 atom stereocenters. The van der Waals surface area contributed by atoms with Gasteiger partial charge in [0.2, 0.25) is 0 Å². The number of thiophene rings is 1. The summed E-state index contributed by atoms with van der Waals surface area (Å²) in [5, 5.41) is 6.76. The van der Waals surface area contributed by atoms with Crippen LogP contribution in [0.3, 0.4) is 0 Å². The minimum absolute atomic E-state index is 0.132. The van der Waals surface area contributed by atoms with Crippen molar-refractivity contribution < 1.29 is 13.6 Å². The largest absolute Gasteiger partial charge is 0.346 e. The van der Waals surface area contributed by atoms with Crippen LogP contribution in [0.1, 0.15) is 10.4 Å². The fourth-order valence-corrected chi connectivity index (χ4v) is 4.30. The van der Waals surface area contributed by atoms with Gasteiger partial charge in [0.25, 0.3) is 6.08 Å². The van der Waals surface area contributed by atoms with Crippen molar-refractivity contribution in [2.75, 3.05) is 18.9 Å². The molecule has 162 valence electrons. The number of carbonyl (C=O) groups excluding carboxylic acids is 1. The first-order valence-corrected chi connectivity index (χ1v) is 10.3. The predicted octanol–water partition coefficient (Wildman–Crippen LogP) is 2.91. The van der Waals surface area contributed by atoms with E-state index in [9.17, 15) is 18.4 Å². The second-order valence-electron chi connectivity index (χ2n) is 7.19. The Bertz CT molecular complexity index is 1220. The molecule has 3 N–H and O–H groups in total. The molecule has 1 aliphatic heterocycles. The standard InChI is InChI=1S/C20H20F2N6O2S/c1-26-8-13-6-12(2-4-16(13)25-19(26)29)17-5-3-15(31-17)10-27-11-24-28(20(27)30)9-14(7-23)18(21)22/h2-6,11H,7-10,23H2,1H3,(H,25,29). The number of benzene rings is 1. The molecule has 4 rings (SSSR count). The summed E-state index contributed by atoms with van der Waals surface area (Å²) in [6, 6.07) is 9.62. The van der Waals surface area contributed by atoms with E-state index >= 15 is 0 Å². The molecule has 0 saturated heterocycles. The molecule has 2 aromatic heterocycles. The highest BCUT2D eigenvalue weighted by molar-refractivity contribution is 7.15. The van der Waals surface area contributed by atoms with Crippen molar-refractivity contribution in [1.29, 1.82) is 0 Å². The van der Waals surface area contributed by atoms with Gasteiger partial charge >= 0.3 is 11.7 Å². The molecule has 0 aliphatic carbocycles. The van der Waals surface area contributed by atoms with Crippen molar-refractivity contribution in [3.05, 3.63) is 69.2 Å². The Labute approximate surface area is 180 Å². The molecule has 0 saturated carbocycles. The highest BCUT2D eigenvalue weighted by atomic mass is 32.1. The summed E-state index contributed by atoms with van der Waals surface area (Å²) in [5.74, 6) is 0. The number of aromatic nitrogens is 3. The molecule has 3 heterocycles. The number of fused-ring (bicyclic) bond motifs is 1. The minimum Gasteiger partial charge on any atom is -0.327 e. The third-order valence-electron chi connectivity index (χ3n) is 5.02. The monoisotopic (exact) mass is 446 g/mol. The normalized spacial score (nSPS) is 13.2. The van der Waals surface area contributed by atoms with Gasteiger partial charge in [0.15, 0.2) is 0 Å². The van der Waals surface area contributed by atoms with Gasteiger partial charge in [0.05, 0.1) is 13.1 Å². The molecule has 0 spiro atoms. The maximum atomic E-state index is 12.8. The fourth-order valence-electron chi connectivity index (χ4n) is 3.29. The molecular formula is C20H20F2N6O2S. The van der Waals surface area contributed by atoms with Crippen molar-refractivity contribution in [1.82, 2.24) is 19.2 Å². The van der Waals surface area contributed by atoms with Crippen LogP contribution in [0.5, 0.6) is 0 Å². The zero-order valence-corrected chi connectivity index (χ0v) is 17.5. The Morgan fingerprint density at radius 3 is 2.81 bits per heavy atom. The number of rotatable bonds is 6. The van der Waals surface area contributed by atoms with Gasteiger partial charge in [0.1, 0.15) is 6.33 Å². The molecule has 3 aromatic rings. The number of amides is 2. The van der Waals surface area contributed by atoms with Crippen LogP contribution in [-0.4, -0.2) is 38.9 Å². The first-order valence-electron chi connectivity index (χ1n) is 9.45. The molecule has 2 amide bonds. The van der Waals surface area contributed by atoms with E-state index in [1.807, 2.05) is 30.3 Å². The van der Waals surface area contributed by atoms with Crippen LogP contribution < -0.4 is 16.7 Å². The lowest BCUT2D eigenvalue weighted by Gasteiger charge is -2.26. The highest BCUT2D eigenvalue weighted by Gasteiger charge is 2.20. The molecule has 8 nitrogen and oxygen atoms in total. The number of nitrogens with one attached hydrogen (secondary N) is 1. The van der Waals surface area contributed by atoms with Crippen LogP contribution in [0, 0.1) is 0 Å². The van der Waals surface area contributed by atoms with Crippen LogP contribution in [0.4, 0.5) is 19.3 Å². The molecule has 0 unspecified atom stereocenters. The number of anilines is 1. The zero-order valence-electron chi connectivity index (χ0n) is 16.6. The Morgan fingerprint density at radius 2 is 2.06 bits per heavy atom. The van der Waals surface area contributed by atoms with E-state index < -0.39 is 11.8 Å². The van der Waals surface area contributed by atoms with Crippen molar-refractivity contribution in [3.63, 3.8) is 0 Å². The fraction of sp³-hybridized carbons (Fsp3) is 0.250. The average Bonchev–Trinajstić information content (AvgIpc) is 3.34. The maximum absolute atomic E-state index is 12.8. The molecule has 1 aromatic carbocycles. The van der Waals surface area contributed by atoms with Gasteiger partial charge < -0.3 is 16.0 Å². The first-order chi connectivity index (χ1) is 14.9. The topological polar surface area (TPSA) is 98.2 Å². The SMILES string of the molecule is CN1Cc2cc(-c3ccc(Cn4cnn(CC(CN)=C(F)F)c4=O)s3)ccc2NC1=O. The molecular weight excluding hydrogens is 426 g/mol. The number of halogens is 2. The summed E-state index contributed by atoms with van der Waals surface area (Å²) in [7, 11) is 1.74. The molecule has 0 radical (unpaired) electrons. The zero-order chi connectivity index (χ0) is 22.1. The van der Waals surface area contributed by atoms with Gasteiger partial charge in [-0.3, -0.25) is 4.57 Å². The Hall–Kier alpha value is -3.31. The van der Waals surface area contributed by atoms with Crippen LogP contribution in [0.25, 0.3) is 10.4 Å². The predicted molar refractivity (Wildman–Crippen MR) is 114 cm³/mol. The Balaban J connectivity index is 1.52. The third kappa shape index (κ3) is 4.28. The van der Waals surface area contributed by atoms with Crippen molar-refractivity contribution in [2.45, 2.75) is 19.6 Å². The van der Waals surface area contributed by atoms with E-state index in [-0.39, 0.29) is 31.2 Å². The van der Waals surface area contributed by atoms with Crippen molar-refractivity contribution >= 4 is 23.1 Å². The lowest BCUT2D eigenvalue weighted by atomic mass is 10.1. The van der Waals surface area contributed by atoms with Crippen molar-refractivity contribution in [3.8, 4) is 10.4 Å². The summed E-state index contributed by atoms with van der Waals surface area (Å²) in [6.07, 6.45) is -0.550. The Morgan fingerprint density at radius 1 is 1.26 bits per heavy atom. The second kappa shape index (κ2) is 8.44. The number of hydrogen-bond donors (Lipinski definition) is 2. The maximum Gasteiger partial charge on any atom is 0.346 e. The van der Waals surface area contributed by atoms with Gasteiger partial charge in [-0.25, -0.2) is 14.3 Å². The van der Waals surface area contributed by atoms with Gasteiger partial charge in [-0.05, 0) is 35.4 Å². The molecule has 11 heteroatoms. The average molecular weight is 446 g/mol. The quantitative estimate of drug-likeness (QED) is 0.608. The molecule has 31 heavy (non-hydrogen) atoms. The van der Waals surface area contributed by atoms with Crippen LogP contribution in [0.15, 0.2) is 53.1 Å². The van der Waals surface area contributed by atoms with Crippen molar-refractivity contribution in [2.24, 2.45) is 5.73 Å². The van der Waals surface area contributed by atoms with Crippen LogP contribution >= 0.6 is 11.3 Å². The van der Waals surface area contributed by atoms with E-state index in [0.29, 0.717) is 6.54 Å². The minimum atomic E-state index is -1.89. The summed E-state index contributed by atoms with van der Waals surface area (Å²) in [4.78, 5) is 27.8. The number of nitrogens with two attached hydrogens (primary N) is 1. The second-order valence-corrected chi connectivity index (χ2v) is 8.36. The van der Waals surface area contributed by atoms with Gasteiger partial charge in [0, 0.05) is 41.2 Å². The smallest absolute Gasteiger partial charge is 0.327 e. The number of nitrogens with zero attached hydrogens (tertiary/aromatic N) is 4. The van der Waals surface area contributed by atoms with Gasteiger partial charge in [-0.15, -0.1) is 11.3 Å². The van der Waals surface area contributed by atoms with E-state index in [1.165, 1.54) is 22.2 Å².